The molecule has 180 valence electrons. The number of esters is 1. The summed E-state index contributed by atoms with van der Waals surface area (Å²) in [4.78, 5) is 24.4. The van der Waals surface area contributed by atoms with Crippen molar-refractivity contribution < 1.29 is 27.5 Å². The normalized spacial score (nSPS) is 12.3. The van der Waals surface area contributed by atoms with Gasteiger partial charge in [0.05, 0.1) is 13.5 Å². The van der Waals surface area contributed by atoms with E-state index in [0.29, 0.717) is 12.0 Å². The fourth-order valence-electron chi connectivity index (χ4n) is 3.25. The highest BCUT2D eigenvalue weighted by Gasteiger charge is 2.27. The van der Waals surface area contributed by atoms with Gasteiger partial charge in [-0.05, 0) is 67.6 Å². The molecule has 1 unspecified atom stereocenters. The molecule has 2 aromatic carbocycles. The summed E-state index contributed by atoms with van der Waals surface area (Å²) in [5, 5.41) is 2.46. The first-order valence-electron chi connectivity index (χ1n) is 10.5. The number of carbonyl (C=O) groups is 2. The molecule has 1 atom stereocenters. The van der Waals surface area contributed by atoms with Crippen LogP contribution in [0.4, 0.5) is 13.2 Å². The topological polar surface area (TPSA) is 55.4 Å². The van der Waals surface area contributed by atoms with Gasteiger partial charge in [-0.25, -0.2) is 0 Å². The van der Waals surface area contributed by atoms with E-state index in [1.165, 1.54) is 18.9 Å². The van der Waals surface area contributed by atoms with Gasteiger partial charge in [0.25, 0.3) is 5.91 Å². The summed E-state index contributed by atoms with van der Waals surface area (Å²) in [6.45, 7) is 4.12. The molecule has 0 aliphatic heterocycles. The van der Waals surface area contributed by atoms with E-state index in [1.54, 1.807) is 24.3 Å². The summed E-state index contributed by atoms with van der Waals surface area (Å²) in [5.41, 5.74) is 3.39. The Labute approximate surface area is 204 Å². The molecular formula is C24H27BrF3NO3S. The maximum atomic E-state index is 12.7. The summed E-state index contributed by atoms with van der Waals surface area (Å²) >= 11 is 5.06. The van der Waals surface area contributed by atoms with Crippen LogP contribution in [0.2, 0.25) is 0 Å². The van der Waals surface area contributed by atoms with Crippen molar-refractivity contribution in [2.75, 3.05) is 13.7 Å². The molecule has 0 radical (unpaired) electrons. The molecule has 2 aromatic rings. The van der Waals surface area contributed by atoms with Crippen LogP contribution in [0.5, 0.6) is 0 Å². The lowest BCUT2D eigenvalue weighted by Crippen LogP contribution is -2.26. The number of benzene rings is 2. The average molecular weight is 546 g/mol. The van der Waals surface area contributed by atoms with Crippen molar-refractivity contribution in [3.05, 3.63) is 63.1 Å². The minimum atomic E-state index is -4.19. The Kier molecular flexibility index (Phi) is 10.3. The van der Waals surface area contributed by atoms with E-state index in [0.717, 1.165) is 26.1 Å². The number of hydrogen-bond acceptors (Lipinski definition) is 4. The summed E-state index contributed by atoms with van der Waals surface area (Å²) in [7, 11) is 1.28. The predicted octanol–water partition coefficient (Wildman–Crippen LogP) is 6.92. The third kappa shape index (κ3) is 9.04. The molecule has 1 amide bonds. The zero-order valence-corrected chi connectivity index (χ0v) is 21.1. The Balaban J connectivity index is 2.15. The van der Waals surface area contributed by atoms with Gasteiger partial charge < -0.3 is 10.1 Å². The van der Waals surface area contributed by atoms with Crippen molar-refractivity contribution in [1.82, 2.24) is 5.32 Å². The lowest BCUT2D eigenvalue weighted by atomic mass is 10.0. The van der Waals surface area contributed by atoms with E-state index in [-0.39, 0.29) is 30.5 Å². The molecule has 0 aliphatic rings. The zero-order chi connectivity index (χ0) is 24.6. The first kappa shape index (κ1) is 27.2. The third-order valence-corrected chi connectivity index (χ3v) is 7.55. The number of aryl methyl sites for hydroxylation is 2. The molecule has 0 heterocycles. The highest BCUT2D eigenvalue weighted by molar-refractivity contribution is 9.10. The number of hydrogen-bond donors (Lipinski definition) is 1. The van der Waals surface area contributed by atoms with E-state index in [4.69, 9.17) is 0 Å². The number of carbonyl (C=O) groups excluding carboxylic acids is 2. The van der Waals surface area contributed by atoms with Gasteiger partial charge in [-0.2, -0.15) is 13.2 Å². The molecule has 1 N–H and O–H groups in total. The minimum Gasteiger partial charge on any atom is -0.469 e. The SMILES string of the molecule is COC(=O)CCNC(=O)c1ccc(C(CCCC(F)(F)F)Sc2cc(C)c(Br)c(C)c2)cc1. The fraction of sp³-hybridized carbons (Fsp3) is 0.417. The van der Waals surface area contributed by atoms with Crippen LogP contribution in [0.15, 0.2) is 45.8 Å². The molecule has 2 rings (SSSR count). The van der Waals surface area contributed by atoms with E-state index >= 15 is 0 Å². The average Bonchev–Trinajstić information content (AvgIpc) is 2.75. The van der Waals surface area contributed by atoms with Crippen LogP contribution < -0.4 is 5.32 Å². The van der Waals surface area contributed by atoms with Gasteiger partial charge in [0.1, 0.15) is 0 Å². The monoisotopic (exact) mass is 545 g/mol. The number of ether oxygens (including phenoxy) is 1. The highest BCUT2D eigenvalue weighted by Crippen LogP contribution is 2.41. The first-order valence-corrected chi connectivity index (χ1v) is 12.1. The van der Waals surface area contributed by atoms with Crippen LogP contribution in [-0.2, 0) is 9.53 Å². The Hall–Kier alpha value is -2.00. The Morgan fingerprint density at radius 2 is 1.73 bits per heavy atom. The number of rotatable bonds is 10. The van der Waals surface area contributed by atoms with E-state index in [9.17, 15) is 22.8 Å². The number of nitrogens with one attached hydrogen (secondary N) is 1. The van der Waals surface area contributed by atoms with Gasteiger partial charge in [-0.1, -0.05) is 28.1 Å². The smallest absolute Gasteiger partial charge is 0.389 e. The quantitative estimate of drug-likeness (QED) is 0.260. The van der Waals surface area contributed by atoms with Crippen LogP contribution in [0, 0.1) is 13.8 Å². The van der Waals surface area contributed by atoms with Crippen LogP contribution in [0.1, 0.15) is 58.0 Å². The van der Waals surface area contributed by atoms with Gasteiger partial charge in [0.15, 0.2) is 0 Å². The number of amides is 1. The van der Waals surface area contributed by atoms with Crippen LogP contribution in [-0.4, -0.2) is 31.7 Å². The molecule has 0 fully saturated rings. The minimum absolute atomic E-state index is 0.0193. The third-order valence-electron chi connectivity index (χ3n) is 5.00. The molecule has 0 spiro atoms. The number of thioether (sulfide) groups is 1. The van der Waals surface area contributed by atoms with Crippen LogP contribution in [0.25, 0.3) is 0 Å². The van der Waals surface area contributed by atoms with Gasteiger partial charge in [0.2, 0.25) is 0 Å². The Morgan fingerprint density at radius 1 is 1.12 bits per heavy atom. The van der Waals surface area contributed by atoms with Crippen molar-refractivity contribution in [1.29, 1.82) is 0 Å². The lowest BCUT2D eigenvalue weighted by molar-refractivity contribution is -0.140. The molecular weight excluding hydrogens is 519 g/mol. The molecule has 0 saturated heterocycles. The molecule has 9 heteroatoms. The van der Waals surface area contributed by atoms with E-state index in [2.05, 4.69) is 26.0 Å². The molecule has 0 aliphatic carbocycles. The molecule has 0 aromatic heterocycles. The summed E-state index contributed by atoms with van der Waals surface area (Å²) < 4.78 is 43.7. The standard InChI is InChI=1S/C24H27BrF3NO3S/c1-15-13-19(14-16(2)22(15)25)33-20(5-4-11-24(26,27)28)17-6-8-18(9-7-17)23(31)29-12-10-21(30)32-3/h6-9,13-14,20H,4-5,10-12H2,1-3H3,(H,29,31). The van der Waals surface area contributed by atoms with E-state index in [1.807, 2.05) is 26.0 Å². The van der Waals surface area contributed by atoms with Crippen molar-refractivity contribution in [2.45, 2.75) is 55.9 Å². The van der Waals surface area contributed by atoms with Crippen LogP contribution in [0.3, 0.4) is 0 Å². The predicted molar refractivity (Wildman–Crippen MR) is 128 cm³/mol. The fourth-order valence-corrected chi connectivity index (χ4v) is 4.88. The second-order valence-corrected chi connectivity index (χ2v) is 9.76. The molecule has 4 nitrogen and oxygen atoms in total. The number of halogens is 4. The molecule has 0 saturated carbocycles. The number of alkyl halides is 3. The number of methoxy groups -OCH3 is 1. The van der Waals surface area contributed by atoms with Crippen LogP contribution >= 0.6 is 27.7 Å². The molecule has 33 heavy (non-hydrogen) atoms. The van der Waals surface area contributed by atoms with Gasteiger partial charge in [-0.15, -0.1) is 11.8 Å². The Morgan fingerprint density at radius 3 is 2.27 bits per heavy atom. The first-order chi connectivity index (χ1) is 15.5. The molecule has 0 bridgehead atoms. The largest absolute Gasteiger partial charge is 0.469 e. The zero-order valence-electron chi connectivity index (χ0n) is 18.7. The maximum absolute atomic E-state index is 12.7. The summed E-state index contributed by atoms with van der Waals surface area (Å²) in [6, 6.07) is 10.9. The van der Waals surface area contributed by atoms with Gasteiger partial charge in [-0.3, -0.25) is 9.59 Å². The van der Waals surface area contributed by atoms with Gasteiger partial charge >= 0.3 is 12.1 Å². The second-order valence-electron chi connectivity index (χ2n) is 7.69. The van der Waals surface area contributed by atoms with Crippen molar-refractivity contribution in [2.24, 2.45) is 0 Å². The van der Waals surface area contributed by atoms with Crippen molar-refractivity contribution in [3.8, 4) is 0 Å². The van der Waals surface area contributed by atoms with Gasteiger partial charge in [0, 0.05) is 33.1 Å². The second kappa shape index (κ2) is 12.5. The van der Waals surface area contributed by atoms with Crippen molar-refractivity contribution >= 4 is 39.6 Å². The summed E-state index contributed by atoms with van der Waals surface area (Å²) in [5.74, 6) is -0.742. The maximum Gasteiger partial charge on any atom is 0.389 e. The van der Waals surface area contributed by atoms with E-state index < -0.39 is 18.6 Å². The summed E-state index contributed by atoms with van der Waals surface area (Å²) in [6.07, 6.45) is -4.58. The Bertz CT molecular complexity index is 941. The van der Waals surface area contributed by atoms with Crippen molar-refractivity contribution in [3.63, 3.8) is 0 Å². The lowest BCUT2D eigenvalue weighted by Gasteiger charge is -2.19. The highest BCUT2D eigenvalue weighted by atomic mass is 79.9.